The molecule has 0 unspecified atom stereocenters. The lowest BCUT2D eigenvalue weighted by atomic mass is 10.1. The Labute approximate surface area is 204 Å². The molecule has 2 fully saturated rings. The topological polar surface area (TPSA) is 60.9 Å². The molecule has 2 aliphatic heterocycles. The lowest BCUT2D eigenvalue weighted by Crippen LogP contribution is -2.49. The minimum Gasteiger partial charge on any atom is -0.368 e. The van der Waals surface area contributed by atoms with Gasteiger partial charge < -0.3 is 9.80 Å². The van der Waals surface area contributed by atoms with Crippen LogP contribution in [0.1, 0.15) is 47.2 Å². The van der Waals surface area contributed by atoms with E-state index >= 15 is 0 Å². The molecule has 0 aliphatic carbocycles. The molecule has 0 saturated carbocycles. The zero-order valence-electron chi connectivity index (χ0n) is 19.7. The van der Waals surface area contributed by atoms with Crippen LogP contribution in [-0.4, -0.2) is 62.8 Å². The number of carbonyl (C=O) groups excluding carboxylic acids is 1. The molecule has 35 heavy (non-hydrogen) atoms. The van der Waals surface area contributed by atoms with Gasteiger partial charge in [0, 0.05) is 50.5 Å². The van der Waals surface area contributed by atoms with E-state index in [0.29, 0.717) is 56.1 Å². The molecule has 0 aromatic heterocycles. The number of nitrogens with zero attached hydrogens (tertiary/aromatic N) is 3. The Morgan fingerprint density at radius 3 is 2.14 bits per heavy atom. The summed E-state index contributed by atoms with van der Waals surface area (Å²) >= 11 is 0. The molecule has 6 nitrogen and oxygen atoms in total. The molecule has 0 spiro atoms. The Morgan fingerprint density at radius 2 is 1.51 bits per heavy atom. The monoisotopic (exact) mass is 509 g/mol. The second-order valence-electron chi connectivity index (χ2n) is 9.12. The minimum absolute atomic E-state index is 0.121. The molecule has 190 valence electrons. The lowest BCUT2D eigenvalue weighted by molar-refractivity contribution is -0.137. The van der Waals surface area contributed by atoms with Gasteiger partial charge in [-0.1, -0.05) is 25.0 Å². The summed E-state index contributed by atoms with van der Waals surface area (Å²) in [6.07, 6.45) is -0.740. The second kappa shape index (κ2) is 10.2. The predicted octanol–water partition coefficient (Wildman–Crippen LogP) is 4.54. The van der Waals surface area contributed by atoms with E-state index < -0.39 is 21.8 Å². The molecule has 2 heterocycles. The highest BCUT2D eigenvalue weighted by atomic mass is 32.2. The number of rotatable bonds is 4. The first-order valence-corrected chi connectivity index (χ1v) is 13.3. The van der Waals surface area contributed by atoms with Gasteiger partial charge in [-0.05, 0) is 55.7 Å². The first kappa shape index (κ1) is 25.5. The summed E-state index contributed by atoms with van der Waals surface area (Å²) in [5.74, 6) is -0.265. The number of alkyl halides is 3. The highest BCUT2D eigenvalue weighted by Crippen LogP contribution is 2.32. The third-order valence-corrected chi connectivity index (χ3v) is 8.64. The Balaban J connectivity index is 1.48. The number of hydrogen-bond donors (Lipinski definition) is 0. The fourth-order valence-electron chi connectivity index (χ4n) is 4.64. The molecule has 2 aromatic rings. The van der Waals surface area contributed by atoms with Crippen LogP contribution in [0.15, 0.2) is 47.4 Å². The molecule has 0 bridgehead atoms. The van der Waals surface area contributed by atoms with Crippen molar-refractivity contribution in [3.63, 3.8) is 0 Å². The Hall–Kier alpha value is -2.59. The molecule has 10 heteroatoms. The van der Waals surface area contributed by atoms with Crippen molar-refractivity contribution in [3.05, 3.63) is 59.2 Å². The van der Waals surface area contributed by atoms with Crippen LogP contribution >= 0.6 is 0 Å². The summed E-state index contributed by atoms with van der Waals surface area (Å²) < 4.78 is 67.1. The van der Waals surface area contributed by atoms with Gasteiger partial charge >= 0.3 is 6.18 Å². The summed E-state index contributed by atoms with van der Waals surface area (Å²) in [5, 5.41) is 0. The van der Waals surface area contributed by atoms with E-state index in [-0.39, 0.29) is 10.8 Å². The molecular weight excluding hydrogens is 479 g/mol. The normalized spacial score (nSPS) is 18.4. The number of halogens is 3. The summed E-state index contributed by atoms with van der Waals surface area (Å²) in [6, 6.07) is 9.87. The maximum atomic E-state index is 13.3. The van der Waals surface area contributed by atoms with E-state index in [1.807, 2.05) is 4.90 Å². The smallest absolute Gasteiger partial charge is 0.368 e. The summed E-state index contributed by atoms with van der Waals surface area (Å²) in [5.41, 5.74) is 0.791. The fourth-order valence-corrected chi connectivity index (χ4v) is 6.18. The minimum atomic E-state index is -4.41. The van der Waals surface area contributed by atoms with Gasteiger partial charge in [0.15, 0.2) is 0 Å². The van der Waals surface area contributed by atoms with Crippen molar-refractivity contribution in [2.45, 2.75) is 43.7 Å². The van der Waals surface area contributed by atoms with Gasteiger partial charge in [-0.15, -0.1) is 0 Å². The van der Waals surface area contributed by atoms with Gasteiger partial charge in [0.05, 0.1) is 10.5 Å². The number of aryl methyl sites for hydroxylation is 1. The molecule has 0 atom stereocenters. The standard InChI is InChI=1S/C25H30F3N3O3S/c1-19-9-10-22(35(33,34)31-11-4-2-3-5-12-31)18-23(19)24(32)30-15-13-29(14-16-30)21-8-6-7-20(17-21)25(26,27)28/h6-10,17-18H,2-5,11-16H2,1H3. The number of carbonyl (C=O) groups is 1. The number of amides is 1. The molecule has 0 radical (unpaired) electrons. The molecule has 2 saturated heterocycles. The number of anilines is 1. The van der Waals surface area contributed by atoms with Crippen LogP contribution in [0.4, 0.5) is 18.9 Å². The first-order valence-electron chi connectivity index (χ1n) is 11.9. The van der Waals surface area contributed by atoms with Crippen molar-refractivity contribution in [3.8, 4) is 0 Å². The van der Waals surface area contributed by atoms with Crippen LogP contribution < -0.4 is 4.90 Å². The fraction of sp³-hybridized carbons (Fsp3) is 0.480. The largest absolute Gasteiger partial charge is 0.416 e. The quantitative estimate of drug-likeness (QED) is 0.607. The zero-order valence-corrected chi connectivity index (χ0v) is 20.5. The Morgan fingerprint density at radius 1 is 0.857 bits per heavy atom. The van der Waals surface area contributed by atoms with Crippen molar-refractivity contribution >= 4 is 21.6 Å². The molecule has 1 amide bonds. The number of benzene rings is 2. The first-order chi connectivity index (χ1) is 16.6. The van der Waals surface area contributed by atoms with Crippen LogP contribution in [0, 0.1) is 6.92 Å². The van der Waals surface area contributed by atoms with E-state index in [1.54, 1.807) is 30.0 Å². The van der Waals surface area contributed by atoms with Gasteiger partial charge in [0.1, 0.15) is 0 Å². The molecule has 4 rings (SSSR count). The highest BCUT2D eigenvalue weighted by Gasteiger charge is 2.32. The molecule has 2 aliphatic rings. The lowest BCUT2D eigenvalue weighted by Gasteiger charge is -2.36. The predicted molar refractivity (Wildman–Crippen MR) is 128 cm³/mol. The molecule has 2 aromatic carbocycles. The third-order valence-electron chi connectivity index (χ3n) is 6.75. The summed E-state index contributed by atoms with van der Waals surface area (Å²) in [6.45, 7) is 4.17. The number of hydrogen-bond acceptors (Lipinski definition) is 4. The summed E-state index contributed by atoms with van der Waals surface area (Å²) in [7, 11) is -3.69. The van der Waals surface area contributed by atoms with Crippen LogP contribution in [0.25, 0.3) is 0 Å². The van der Waals surface area contributed by atoms with Gasteiger partial charge in [-0.2, -0.15) is 17.5 Å². The van der Waals surface area contributed by atoms with Crippen molar-refractivity contribution in [2.24, 2.45) is 0 Å². The van der Waals surface area contributed by atoms with Crippen molar-refractivity contribution in [1.82, 2.24) is 9.21 Å². The highest BCUT2D eigenvalue weighted by molar-refractivity contribution is 7.89. The maximum Gasteiger partial charge on any atom is 0.416 e. The average molecular weight is 510 g/mol. The van der Waals surface area contributed by atoms with Crippen LogP contribution in [0.2, 0.25) is 0 Å². The van der Waals surface area contributed by atoms with Crippen molar-refractivity contribution in [1.29, 1.82) is 0 Å². The van der Waals surface area contributed by atoms with Gasteiger partial charge in [0.25, 0.3) is 5.91 Å². The Bertz CT molecular complexity index is 1170. The van der Waals surface area contributed by atoms with Crippen LogP contribution in [0.5, 0.6) is 0 Å². The van der Waals surface area contributed by atoms with Gasteiger partial charge in [-0.25, -0.2) is 8.42 Å². The average Bonchev–Trinajstić information content (AvgIpc) is 3.14. The summed E-state index contributed by atoms with van der Waals surface area (Å²) in [4.78, 5) is 16.9. The van der Waals surface area contributed by atoms with Crippen molar-refractivity contribution in [2.75, 3.05) is 44.2 Å². The van der Waals surface area contributed by atoms with E-state index in [4.69, 9.17) is 0 Å². The van der Waals surface area contributed by atoms with Crippen LogP contribution in [0.3, 0.4) is 0 Å². The van der Waals surface area contributed by atoms with Gasteiger partial charge in [-0.3, -0.25) is 4.79 Å². The number of piperazine rings is 1. The molecule has 0 N–H and O–H groups in total. The van der Waals surface area contributed by atoms with E-state index in [0.717, 1.165) is 37.8 Å². The van der Waals surface area contributed by atoms with Crippen molar-refractivity contribution < 1.29 is 26.4 Å². The van der Waals surface area contributed by atoms with Crippen LogP contribution in [-0.2, 0) is 16.2 Å². The zero-order chi connectivity index (χ0) is 25.2. The third kappa shape index (κ3) is 5.64. The number of sulfonamides is 1. The van der Waals surface area contributed by atoms with E-state index in [2.05, 4.69) is 0 Å². The maximum absolute atomic E-state index is 13.3. The Kier molecular flexibility index (Phi) is 7.42. The van der Waals surface area contributed by atoms with E-state index in [1.165, 1.54) is 16.4 Å². The van der Waals surface area contributed by atoms with E-state index in [9.17, 15) is 26.4 Å². The molecular formula is C25H30F3N3O3S. The van der Waals surface area contributed by atoms with Gasteiger partial charge in [0.2, 0.25) is 10.0 Å². The second-order valence-corrected chi connectivity index (χ2v) is 11.1. The SMILES string of the molecule is Cc1ccc(S(=O)(=O)N2CCCCCC2)cc1C(=O)N1CCN(c2cccc(C(F)(F)F)c2)CC1.